The summed E-state index contributed by atoms with van der Waals surface area (Å²) in [7, 11) is 1.45. The molecule has 0 spiro atoms. The summed E-state index contributed by atoms with van der Waals surface area (Å²) in [5.41, 5.74) is 6.63. The molecule has 10 aliphatic heterocycles. The van der Waals surface area contributed by atoms with E-state index in [-0.39, 0.29) is 58.7 Å². The summed E-state index contributed by atoms with van der Waals surface area (Å²) in [5.74, 6) is 0.346. The van der Waals surface area contributed by atoms with Crippen molar-refractivity contribution in [3.8, 4) is 5.88 Å². The minimum atomic E-state index is -4.57. The second-order valence-electron chi connectivity index (χ2n) is 33.2. The number of aromatic nitrogens is 4. The Morgan fingerprint density at radius 2 is 0.867 bits per heavy atom. The van der Waals surface area contributed by atoms with Crippen molar-refractivity contribution in [3.05, 3.63) is 277 Å². The van der Waals surface area contributed by atoms with Crippen LogP contribution < -0.4 is 29.2 Å². The lowest BCUT2D eigenvalue weighted by Gasteiger charge is -2.30. The highest BCUT2D eigenvalue weighted by molar-refractivity contribution is 7.16. The lowest BCUT2D eigenvalue weighted by molar-refractivity contribution is -0.138. The van der Waals surface area contributed by atoms with Crippen LogP contribution in [-0.2, 0) is 6.18 Å². The second kappa shape index (κ2) is 31.6. The normalized spacial score (nSPS) is 21.8. The molecule has 5 saturated heterocycles. The fraction of sp³-hybridized carbons (Fsp3) is 0.237. The van der Waals surface area contributed by atoms with E-state index in [4.69, 9.17) is 16.3 Å². The smallest absolute Gasteiger partial charge is 0.416 e. The van der Waals surface area contributed by atoms with Crippen molar-refractivity contribution in [2.24, 2.45) is 25.0 Å². The van der Waals surface area contributed by atoms with Gasteiger partial charge < -0.3 is 54.8 Å². The van der Waals surface area contributed by atoms with Gasteiger partial charge in [-0.15, -0.1) is 22.7 Å². The van der Waals surface area contributed by atoms with Crippen LogP contribution in [0.15, 0.2) is 231 Å². The van der Waals surface area contributed by atoms with E-state index < -0.39 is 45.5 Å². The third-order valence-electron chi connectivity index (χ3n) is 24.9. The molecule has 0 aliphatic carbocycles. The molecule has 5 fully saturated rings. The van der Waals surface area contributed by atoms with Crippen LogP contribution in [0.4, 0.5) is 70.0 Å². The minimum Gasteiger partial charge on any atom is -0.481 e. The van der Waals surface area contributed by atoms with E-state index in [0.717, 1.165) is 93.9 Å². The van der Waals surface area contributed by atoms with Gasteiger partial charge >= 0.3 is 6.18 Å². The van der Waals surface area contributed by atoms with E-state index in [0.29, 0.717) is 136 Å². The van der Waals surface area contributed by atoms with Gasteiger partial charge in [-0.05, 0) is 185 Å². The third-order valence-corrected chi connectivity index (χ3v) is 27.2. The summed E-state index contributed by atoms with van der Waals surface area (Å²) in [6, 6.07) is 53.4. The van der Waals surface area contributed by atoms with E-state index in [1.807, 2.05) is 205 Å². The summed E-state index contributed by atoms with van der Waals surface area (Å²) in [4.78, 5) is 115. The third kappa shape index (κ3) is 14.3. The zero-order valence-electron chi connectivity index (χ0n) is 70.0. The number of rotatable bonds is 6. The van der Waals surface area contributed by atoms with Gasteiger partial charge in [0.15, 0.2) is 28.0 Å². The predicted octanol–water partition coefficient (Wildman–Crippen LogP) is 17.5. The number of Topliss-reactive ketones (excluding diaryl/α,β-unsaturated/α-hetero) is 5. The highest BCUT2D eigenvalue weighted by Gasteiger charge is 2.58. The van der Waals surface area contributed by atoms with Crippen molar-refractivity contribution in [3.63, 3.8) is 0 Å². The molecule has 5 atom stereocenters. The molecule has 8 aromatic carbocycles. The van der Waals surface area contributed by atoms with E-state index >= 15 is 0 Å². The zero-order valence-corrected chi connectivity index (χ0v) is 72.4. The first kappa shape index (κ1) is 84.2. The van der Waals surface area contributed by atoms with Crippen LogP contribution in [0.1, 0.15) is 121 Å². The van der Waals surface area contributed by atoms with E-state index in [1.165, 1.54) is 31.6 Å². The Kier molecular flexibility index (Phi) is 20.8. The fourth-order valence-electron chi connectivity index (χ4n) is 18.0. The minimum absolute atomic E-state index is 0.00842. The molecule has 0 amide bonds. The lowest BCUT2D eigenvalue weighted by atomic mass is 9.86. The largest absolute Gasteiger partial charge is 0.481 e. The quantitative estimate of drug-likeness (QED) is 0.103. The molecule has 25 nitrogen and oxygen atoms in total. The van der Waals surface area contributed by atoms with Crippen molar-refractivity contribution >= 4 is 181 Å². The van der Waals surface area contributed by atoms with Gasteiger partial charge in [0.1, 0.15) is 29.2 Å². The number of nitrogens with zero attached hydrogens (tertiary/aromatic N) is 14. The second-order valence-corrected chi connectivity index (χ2v) is 35.8. The molecule has 13 aromatic rings. The lowest BCUT2D eigenvalue weighted by Crippen LogP contribution is -2.48. The van der Waals surface area contributed by atoms with Crippen LogP contribution in [0.5, 0.6) is 5.88 Å². The number of aryl methyl sites for hydroxylation is 6. The van der Waals surface area contributed by atoms with Gasteiger partial charge in [0.05, 0.1) is 67.2 Å². The van der Waals surface area contributed by atoms with Crippen molar-refractivity contribution in [1.82, 2.24) is 19.9 Å². The van der Waals surface area contributed by atoms with Crippen LogP contribution in [0.2, 0.25) is 5.02 Å². The number of aliphatic imine (C=N–C) groups is 5. The average Bonchev–Trinajstić information content (AvgIpc) is 1.55. The Labute approximate surface area is 743 Å². The summed E-state index contributed by atoms with van der Waals surface area (Å²) in [6.07, 6.45) is 3.69. The van der Waals surface area contributed by atoms with Gasteiger partial charge in [0.2, 0.25) is 34.8 Å². The van der Waals surface area contributed by atoms with Gasteiger partial charge in [-0.2, -0.15) is 13.2 Å². The van der Waals surface area contributed by atoms with E-state index in [2.05, 4.69) is 44.9 Å². The first-order chi connectivity index (χ1) is 61.2. The van der Waals surface area contributed by atoms with Crippen LogP contribution >= 0.6 is 34.3 Å². The maximum absolute atomic E-state index is 13.3. The molecule has 0 saturated carbocycles. The number of carbonyl (C=O) groups excluding carboxylic acids is 5. The summed E-state index contributed by atoms with van der Waals surface area (Å²) < 4.78 is 46.0. The van der Waals surface area contributed by atoms with Crippen molar-refractivity contribution in [1.29, 1.82) is 0 Å². The van der Waals surface area contributed by atoms with Gasteiger partial charge in [-0.3, -0.25) is 33.9 Å². The Balaban J connectivity index is 0.000000104. The maximum Gasteiger partial charge on any atom is 0.416 e. The fourth-order valence-corrected chi connectivity index (χ4v) is 19.9. The van der Waals surface area contributed by atoms with Gasteiger partial charge in [0, 0.05) is 167 Å². The molecular formula is C97H80ClF3N14O11S2. The monoisotopic (exact) mass is 1770 g/mol. The number of hydrogen-bond acceptors (Lipinski definition) is 27. The number of alkyl halides is 3. The number of thiophene rings is 1. The number of benzene rings is 8. The highest BCUT2D eigenvalue weighted by atomic mass is 35.5. The number of halogens is 4. The number of fused-ring (bicyclic) bond motifs is 13. The maximum atomic E-state index is 13.3. The van der Waals surface area contributed by atoms with Crippen LogP contribution in [0.3, 0.4) is 0 Å². The number of ether oxygens (including phenoxy) is 1. The number of thiazole rings is 1. The van der Waals surface area contributed by atoms with Crippen molar-refractivity contribution < 1.29 is 67.4 Å². The van der Waals surface area contributed by atoms with Crippen LogP contribution in [0.25, 0.3) is 31.9 Å². The number of carbonyl (C=O) groups is 5. The van der Waals surface area contributed by atoms with Gasteiger partial charge in [0.25, 0.3) is 0 Å². The molecule has 31 heteroatoms. The number of hydrogen-bond donors (Lipinski definition) is 5. The molecule has 5 aromatic heterocycles. The van der Waals surface area contributed by atoms with E-state index in [9.17, 15) is 62.7 Å². The predicted molar refractivity (Wildman–Crippen MR) is 491 cm³/mol. The first-order valence-corrected chi connectivity index (χ1v) is 43.4. The summed E-state index contributed by atoms with van der Waals surface area (Å²) in [6.45, 7) is 13.4. The highest BCUT2D eigenvalue weighted by Crippen LogP contribution is 2.49. The molecule has 0 bridgehead atoms. The first-order valence-electron chi connectivity index (χ1n) is 41.4. The number of ketones is 5. The van der Waals surface area contributed by atoms with Crippen molar-refractivity contribution in [2.75, 3.05) is 64.3 Å². The Bertz CT molecular complexity index is 6940. The molecule has 23 rings (SSSR count). The average molecular weight is 1770 g/mol. The summed E-state index contributed by atoms with van der Waals surface area (Å²) in [5, 5.41) is 59.1. The molecule has 644 valence electrons. The molecule has 15 heterocycles. The molecule has 5 N–H and O–H groups in total. The van der Waals surface area contributed by atoms with Gasteiger partial charge in [-0.25, -0.2) is 34.9 Å². The van der Waals surface area contributed by atoms with Crippen LogP contribution in [0, 0.1) is 41.5 Å². The molecule has 128 heavy (non-hydrogen) atoms. The van der Waals surface area contributed by atoms with E-state index in [1.54, 1.807) is 52.9 Å². The Morgan fingerprint density at radius 1 is 0.406 bits per heavy atom. The van der Waals surface area contributed by atoms with Gasteiger partial charge in [-0.1, -0.05) is 70.8 Å². The number of anilines is 5. The number of aliphatic hydroxyl groups is 5. The molecule has 0 unspecified atom stereocenters. The summed E-state index contributed by atoms with van der Waals surface area (Å²) >= 11 is 9.18. The number of amidine groups is 5. The SMILES string of the molecule is COc1cc(N2CC[C@@]3(O)C(=O)c4cc(C)c(C(F)(F)F)cc4N=C23)ccn1.Cc1cc2c(s1)C(=O)[C@]1(O)CCN(c3ccc(C)c(Cl)c3)C1=N2.Cc1ccc2c(c1)C(=O)[C@]1(O)CCN(c3ccc4cccnc4c3)C1=N2.Cc1ccc2c(c1)C(=O)[C@]1(O)CCN(c3ccc4ccncc4c3)C1=N2.Cc1ccc2c(c1)C(=O)[C@]1(O)CCN(c3ccc4ncsc4c3)C1=N2. The standard InChI is InChI=1S/2C21H17N3O2.C19H16F3N3O3.C19H15N3O2S.C17H15ClN2O2S/c1-13-2-5-18-17(10-13)19(25)21(26)7-9-24(20(21)23-18)16-4-3-14-6-8-22-12-15(14)11-16;1-13-4-7-17-16(11-13)19(25)21(26)8-10-24(20(21)23-17)15-6-5-14-3-2-9-22-18(14)12-15;1-10-7-12-14(9-13(10)19(20,21)22)24-17-18(27,16(12)26)4-6-25(17)11-3-5-23-15(8-11)28-2;1-11-2-4-14-13(8-11)17(23)19(24)6-7-22(18(19)21-14)12-3-5-15-16(9-12)25-10-20-15;1-9-3-4-11(8-12(9)18)20-6-5-17(22)15(21)14-13(19-16(17)20)7-10(2)23-14/h2-6,8,10-12,26H,7,9H2,1H3;2-7,9,11-12,26H,8,10H2,1H3;3,5,7-9,27H,4,6H2,1-2H3;2-5,8-10,24H,6-7H2,1H3;3-4,7-8,22H,5-6H2,1-2H3/t2*21-;18-;19-;17-/m11111/s1. The van der Waals surface area contributed by atoms with Crippen LogP contribution in [-0.4, -0.2) is 171 Å². The number of pyridine rings is 3. The zero-order chi connectivity index (χ0) is 89.6. The van der Waals surface area contributed by atoms with Crippen molar-refractivity contribution in [2.45, 2.75) is 108 Å². The molecular weight excluding hydrogens is 1690 g/mol. The Hall–Kier alpha value is -13.3. The molecule has 10 aliphatic rings. The topological polar surface area (TPSA) is 325 Å². The number of methoxy groups -OCH3 is 1. The Morgan fingerprint density at radius 3 is 1.39 bits per heavy atom. The molecule has 0 radical (unpaired) electrons.